The van der Waals surface area contributed by atoms with E-state index in [1.54, 1.807) is 13.1 Å². The van der Waals surface area contributed by atoms with Crippen molar-refractivity contribution in [3.63, 3.8) is 0 Å². The van der Waals surface area contributed by atoms with Gasteiger partial charge in [0.05, 0.1) is 6.07 Å². The van der Waals surface area contributed by atoms with Crippen LogP contribution in [0.5, 0.6) is 0 Å². The minimum absolute atomic E-state index is 0.223. The molecule has 1 amide bonds. The normalized spacial score (nSPS) is 11.5. The lowest BCUT2D eigenvalue weighted by Crippen LogP contribution is -2.31. The number of nitrogens with zero attached hydrogens (tertiary/aromatic N) is 3. The fourth-order valence-corrected chi connectivity index (χ4v) is 2.30. The Morgan fingerprint density at radius 2 is 2.05 bits per heavy atom. The summed E-state index contributed by atoms with van der Waals surface area (Å²) in [4.78, 5) is 17.8. The van der Waals surface area contributed by atoms with E-state index in [1.807, 2.05) is 24.3 Å². The lowest BCUT2D eigenvalue weighted by molar-refractivity contribution is 0.0757. The van der Waals surface area contributed by atoms with Crippen LogP contribution in [0, 0.1) is 11.3 Å². The van der Waals surface area contributed by atoms with E-state index in [-0.39, 0.29) is 11.6 Å². The van der Waals surface area contributed by atoms with Crippen LogP contribution in [0.25, 0.3) is 0 Å². The van der Waals surface area contributed by atoms with Gasteiger partial charge in [0.25, 0.3) is 5.91 Å². The van der Waals surface area contributed by atoms with E-state index in [0.29, 0.717) is 5.02 Å². The summed E-state index contributed by atoms with van der Waals surface area (Å²) in [5.41, 5.74) is 2.18. The summed E-state index contributed by atoms with van der Waals surface area (Å²) in [6, 6.07) is 12.3. The Hall–Kier alpha value is -2.38. The zero-order valence-electron chi connectivity index (χ0n) is 12.5. The molecule has 0 aliphatic heterocycles. The number of pyridine rings is 1. The summed E-state index contributed by atoms with van der Waals surface area (Å²) >= 11 is 5.88. The Balaban J connectivity index is 2.26. The van der Waals surface area contributed by atoms with Gasteiger partial charge in [0.15, 0.2) is 0 Å². The number of carbonyl (C=O) groups excluding carboxylic acids is 1. The molecule has 1 aromatic carbocycles. The molecular formula is C17H16ClN3O. The van der Waals surface area contributed by atoms with E-state index < -0.39 is 6.04 Å². The zero-order chi connectivity index (χ0) is 16.1. The van der Waals surface area contributed by atoms with Crippen LogP contribution in [-0.4, -0.2) is 22.8 Å². The van der Waals surface area contributed by atoms with Gasteiger partial charge in [0.2, 0.25) is 0 Å². The third kappa shape index (κ3) is 3.44. The Bertz CT molecular complexity index is 707. The Kier molecular flexibility index (Phi) is 5.13. The van der Waals surface area contributed by atoms with Crippen molar-refractivity contribution < 1.29 is 4.79 Å². The van der Waals surface area contributed by atoms with Crippen LogP contribution in [0.15, 0.2) is 42.6 Å². The van der Waals surface area contributed by atoms with Gasteiger partial charge in [-0.25, -0.2) is 0 Å². The van der Waals surface area contributed by atoms with Crippen LogP contribution in [0.1, 0.15) is 34.6 Å². The second-order valence-corrected chi connectivity index (χ2v) is 5.34. The highest BCUT2D eigenvalue weighted by molar-refractivity contribution is 6.30. The molecule has 0 aliphatic rings. The quantitative estimate of drug-likeness (QED) is 0.866. The minimum Gasteiger partial charge on any atom is -0.320 e. The van der Waals surface area contributed by atoms with Crippen LogP contribution < -0.4 is 0 Å². The molecule has 0 fully saturated rings. The first-order chi connectivity index (χ1) is 10.6. The fourth-order valence-electron chi connectivity index (χ4n) is 2.14. The lowest BCUT2D eigenvalue weighted by atomic mass is 10.0. The number of halogens is 1. The molecule has 0 bridgehead atoms. The van der Waals surface area contributed by atoms with E-state index >= 15 is 0 Å². The molecule has 1 atom stereocenters. The second kappa shape index (κ2) is 7.06. The summed E-state index contributed by atoms with van der Waals surface area (Å²) in [7, 11) is 1.59. The number of amides is 1. The number of rotatable bonds is 4. The summed E-state index contributed by atoms with van der Waals surface area (Å²) < 4.78 is 0. The van der Waals surface area contributed by atoms with Crippen molar-refractivity contribution in [1.29, 1.82) is 5.26 Å². The highest BCUT2D eigenvalue weighted by Gasteiger charge is 2.23. The van der Waals surface area contributed by atoms with Crippen molar-refractivity contribution in [2.45, 2.75) is 19.4 Å². The standard InChI is InChI=1S/C17H16ClN3O/c1-3-12-4-6-13(7-5-12)16(11-19)21(2)17(22)15-10-14(18)8-9-20-15/h4-10,16H,3H2,1-2H3/t16-/m0/s1. The average molecular weight is 314 g/mol. The van der Waals surface area contributed by atoms with E-state index in [9.17, 15) is 10.1 Å². The predicted octanol–water partition coefficient (Wildman–Crippen LogP) is 3.63. The third-order valence-corrected chi connectivity index (χ3v) is 3.71. The molecule has 0 aliphatic carbocycles. The van der Waals surface area contributed by atoms with Crippen molar-refractivity contribution >= 4 is 17.5 Å². The Morgan fingerprint density at radius 1 is 1.36 bits per heavy atom. The zero-order valence-corrected chi connectivity index (χ0v) is 13.2. The Labute approximate surface area is 135 Å². The molecule has 0 unspecified atom stereocenters. The summed E-state index contributed by atoms with van der Waals surface area (Å²) in [6.45, 7) is 2.07. The summed E-state index contributed by atoms with van der Waals surface area (Å²) in [6.07, 6.45) is 2.40. The molecule has 4 nitrogen and oxygen atoms in total. The first-order valence-electron chi connectivity index (χ1n) is 6.94. The maximum Gasteiger partial charge on any atom is 0.273 e. The molecule has 5 heteroatoms. The summed E-state index contributed by atoms with van der Waals surface area (Å²) in [5, 5.41) is 9.87. The number of aryl methyl sites for hydroxylation is 1. The van der Waals surface area contributed by atoms with Crippen LogP contribution >= 0.6 is 11.6 Å². The number of carbonyl (C=O) groups is 1. The van der Waals surface area contributed by atoms with Gasteiger partial charge in [-0.1, -0.05) is 42.8 Å². The molecule has 0 radical (unpaired) electrons. The smallest absolute Gasteiger partial charge is 0.273 e. The molecule has 112 valence electrons. The van der Waals surface area contributed by atoms with E-state index in [2.05, 4.69) is 18.0 Å². The number of hydrogen-bond acceptors (Lipinski definition) is 3. The molecular weight excluding hydrogens is 298 g/mol. The van der Waals surface area contributed by atoms with Crippen molar-refractivity contribution in [2.75, 3.05) is 7.05 Å². The SMILES string of the molecule is CCc1ccc([C@H](C#N)N(C)C(=O)c2cc(Cl)ccn2)cc1. The second-order valence-electron chi connectivity index (χ2n) is 4.90. The van der Waals surface area contributed by atoms with E-state index in [4.69, 9.17) is 11.6 Å². The predicted molar refractivity (Wildman–Crippen MR) is 85.5 cm³/mol. The largest absolute Gasteiger partial charge is 0.320 e. The molecule has 2 rings (SSSR count). The first kappa shape index (κ1) is 16.0. The molecule has 0 N–H and O–H groups in total. The molecule has 2 aromatic rings. The molecule has 1 aromatic heterocycles. The molecule has 1 heterocycles. The molecule has 0 saturated heterocycles. The lowest BCUT2D eigenvalue weighted by Gasteiger charge is -2.23. The van der Waals surface area contributed by atoms with Crippen LogP contribution in [-0.2, 0) is 6.42 Å². The first-order valence-corrected chi connectivity index (χ1v) is 7.31. The summed E-state index contributed by atoms with van der Waals surface area (Å²) in [5.74, 6) is -0.339. The van der Waals surface area contributed by atoms with Crippen molar-refractivity contribution in [3.05, 3.63) is 64.4 Å². The van der Waals surface area contributed by atoms with Crippen molar-refractivity contribution in [3.8, 4) is 6.07 Å². The van der Waals surface area contributed by atoms with E-state index in [1.165, 1.54) is 22.7 Å². The maximum atomic E-state index is 12.4. The van der Waals surface area contributed by atoms with Crippen LogP contribution in [0.4, 0.5) is 0 Å². The fraction of sp³-hybridized carbons (Fsp3) is 0.235. The van der Waals surface area contributed by atoms with Gasteiger partial charge in [-0.15, -0.1) is 0 Å². The van der Waals surface area contributed by atoms with Crippen LogP contribution in [0.2, 0.25) is 5.02 Å². The van der Waals surface area contributed by atoms with Gasteiger partial charge in [0.1, 0.15) is 11.7 Å². The monoisotopic (exact) mass is 313 g/mol. The number of hydrogen-bond donors (Lipinski definition) is 0. The number of benzene rings is 1. The number of nitriles is 1. The Morgan fingerprint density at radius 3 is 2.59 bits per heavy atom. The van der Waals surface area contributed by atoms with Gasteiger partial charge < -0.3 is 4.90 Å². The maximum absolute atomic E-state index is 12.4. The molecule has 0 spiro atoms. The van der Waals surface area contributed by atoms with Crippen molar-refractivity contribution in [2.24, 2.45) is 0 Å². The van der Waals surface area contributed by atoms with Gasteiger partial charge in [-0.3, -0.25) is 9.78 Å². The molecule has 0 saturated carbocycles. The number of aromatic nitrogens is 1. The van der Waals surface area contributed by atoms with Crippen molar-refractivity contribution in [1.82, 2.24) is 9.88 Å². The average Bonchev–Trinajstić information content (AvgIpc) is 2.55. The van der Waals surface area contributed by atoms with Gasteiger partial charge in [-0.2, -0.15) is 5.26 Å². The third-order valence-electron chi connectivity index (χ3n) is 3.47. The van der Waals surface area contributed by atoms with Gasteiger partial charge >= 0.3 is 0 Å². The minimum atomic E-state index is -0.667. The van der Waals surface area contributed by atoms with E-state index in [0.717, 1.165) is 12.0 Å². The molecule has 22 heavy (non-hydrogen) atoms. The topological polar surface area (TPSA) is 57.0 Å². The van der Waals surface area contributed by atoms with Crippen LogP contribution in [0.3, 0.4) is 0 Å². The highest BCUT2D eigenvalue weighted by Crippen LogP contribution is 2.21. The van der Waals surface area contributed by atoms with Gasteiger partial charge in [0, 0.05) is 18.3 Å². The highest BCUT2D eigenvalue weighted by atomic mass is 35.5. The van der Waals surface area contributed by atoms with Gasteiger partial charge in [-0.05, 0) is 29.7 Å².